The quantitative estimate of drug-likeness (QED) is 0.525. The van der Waals surface area contributed by atoms with Gasteiger partial charge in [0.25, 0.3) is 0 Å². The molecule has 0 saturated heterocycles. The largest absolute Gasteiger partial charge is 0.480 e. The van der Waals surface area contributed by atoms with Crippen LogP contribution in [0.1, 0.15) is 6.42 Å². The van der Waals surface area contributed by atoms with Crippen molar-refractivity contribution in [3.05, 3.63) is 0 Å². The molecule has 0 fully saturated rings. The maximum Gasteiger partial charge on any atom is 0.320 e. The summed E-state index contributed by atoms with van der Waals surface area (Å²) in [5, 5.41) is 8.27. The minimum atomic E-state index is -0.913. The van der Waals surface area contributed by atoms with Crippen molar-refractivity contribution in [2.24, 2.45) is 5.73 Å². The zero-order chi connectivity index (χ0) is 7.28. The second-order valence-corrected chi connectivity index (χ2v) is 2.71. The molecule has 0 saturated carbocycles. The molecule has 0 aromatic heterocycles. The average molecular weight is 203 g/mol. The van der Waals surface area contributed by atoms with Crippen LogP contribution in [0, 0.1) is 0 Å². The summed E-state index contributed by atoms with van der Waals surface area (Å²) in [5.74, 6) is -0.1000. The lowest BCUT2D eigenvalue weighted by molar-refractivity contribution is -0.138. The number of carboxylic acids is 1. The van der Waals surface area contributed by atoms with Crippen LogP contribution in [0.5, 0.6) is 0 Å². The molecule has 0 aliphatic heterocycles. The van der Waals surface area contributed by atoms with Crippen LogP contribution in [-0.2, 0) is 4.79 Å². The molecule has 0 radical (unpaired) electrons. The molecule has 0 heterocycles. The van der Waals surface area contributed by atoms with Gasteiger partial charge in [-0.15, -0.1) is 0 Å². The molecule has 0 aromatic carbocycles. The minimum absolute atomic E-state index is 0. The number of thioether (sulfide) groups is 1. The van der Waals surface area contributed by atoms with Gasteiger partial charge in [0.1, 0.15) is 6.04 Å². The molecule has 0 aromatic rings. The van der Waals surface area contributed by atoms with Crippen molar-refractivity contribution >= 4 is 17.7 Å². The van der Waals surface area contributed by atoms with E-state index in [1.165, 1.54) is 0 Å². The molecular weight excluding hydrogens is 186 g/mol. The van der Waals surface area contributed by atoms with Crippen LogP contribution in [0.4, 0.5) is 0 Å². The van der Waals surface area contributed by atoms with E-state index in [1.807, 2.05) is 6.26 Å². The van der Waals surface area contributed by atoms with Gasteiger partial charge in [-0.25, -0.2) is 0 Å². The van der Waals surface area contributed by atoms with Crippen LogP contribution < -0.4 is 5.73 Å². The van der Waals surface area contributed by atoms with E-state index in [0.29, 0.717) is 6.42 Å². The van der Waals surface area contributed by atoms with E-state index in [-0.39, 0.29) is 16.4 Å². The van der Waals surface area contributed by atoms with E-state index in [0.717, 1.165) is 5.75 Å². The van der Waals surface area contributed by atoms with E-state index < -0.39 is 12.0 Å². The van der Waals surface area contributed by atoms with Gasteiger partial charge in [-0.05, 0) is 18.4 Å². The maximum absolute atomic E-state index is 10.1. The molecule has 12 heavy (non-hydrogen) atoms. The van der Waals surface area contributed by atoms with Crippen molar-refractivity contribution < 1.29 is 26.3 Å². The van der Waals surface area contributed by atoms with Gasteiger partial charge >= 0.3 is 5.97 Å². The Hall–Kier alpha value is -0.340. The number of rotatable bonds is 4. The second-order valence-electron chi connectivity index (χ2n) is 1.73. The Labute approximate surface area is 75.1 Å². The van der Waals surface area contributed by atoms with Crippen LogP contribution in [0.15, 0.2) is 0 Å². The normalized spacial score (nSPS) is 9.83. The number of hydrogen-bond acceptors (Lipinski definition) is 3. The van der Waals surface area contributed by atoms with Gasteiger partial charge in [0.2, 0.25) is 0 Å². The Morgan fingerprint density at radius 2 is 1.92 bits per heavy atom. The van der Waals surface area contributed by atoms with Crippen LogP contribution >= 0.6 is 11.8 Å². The molecule has 9 N–H and O–H groups in total. The second kappa shape index (κ2) is 13.3. The highest BCUT2D eigenvalue weighted by molar-refractivity contribution is 7.98. The van der Waals surface area contributed by atoms with E-state index in [4.69, 9.17) is 10.8 Å². The van der Waals surface area contributed by atoms with Crippen molar-refractivity contribution in [2.75, 3.05) is 12.0 Å². The van der Waals surface area contributed by atoms with Crippen LogP contribution in [-0.4, -0.2) is 45.6 Å². The van der Waals surface area contributed by atoms with Crippen molar-refractivity contribution in [3.63, 3.8) is 0 Å². The van der Waals surface area contributed by atoms with Gasteiger partial charge < -0.3 is 27.3 Å². The van der Waals surface area contributed by atoms with Gasteiger partial charge in [-0.3, -0.25) is 4.79 Å². The summed E-state index contributed by atoms with van der Waals surface area (Å²) in [7, 11) is 0. The Bertz CT molecular complexity index is 102. The third kappa shape index (κ3) is 12.3. The summed E-state index contributed by atoms with van der Waals surface area (Å²) < 4.78 is 0. The molecule has 0 rings (SSSR count). The third-order valence-electron chi connectivity index (χ3n) is 0.950. The Morgan fingerprint density at radius 1 is 1.50 bits per heavy atom. The number of hydrogen-bond donors (Lipinski definition) is 2. The summed E-state index contributed by atoms with van der Waals surface area (Å²) in [6.07, 6.45) is 2.48. The topological polar surface area (TPSA) is 158 Å². The van der Waals surface area contributed by atoms with Crippen molar-refractivity contribution in [1.29, 1.82) is 0 Å². The molecular formula is C5H17NO5S. The molecule has 0 spiro atoms. The smallest absolute Gasteiger partial charge is 0.320 e. The van der Waals surface area contributed by atoms with Gasteiger partial charge in [0, 0.05) is 0 Å². The van der Waals surface area contributed by atoms with Crippen molar-refractivity contribution in [2.45, 2.75) is 12.5 Å². The first kappa shape index (κ1) is 22.6. The zero-order valence-corrected chi connectivity index (χ0v) is 7.65. The summed E-state index contributed by atoms with van der Waals surface area (Å²) in [6.45, 7) is 0. The van der Waals surface area contributed by atoms with Gasteiger partial charge in [0.05, 0.1) is 0 Å². The van der Waals surface area contributed by atoms with E-state index >= 15 is 0 Å². The van der Waals surface area contributed by atoms with Crippen molar-refractivity contribution in [3.8, 4) is 0 Å². The van der Waals surface area contributed by atoms with Crippen LogP contribution in [0.3, 0.4) is 0 Å². The van der Waals surface area contributed by atoms with Crippen LogP contribution in [0.2, 0.25) is 0 Å². The van der Waals surface area contributed by atoms with Crippen LogP contribution in [0.25, 0.3) is 0 Å². The molecule has 0 bridgehead atoms. The van der Waals surface area contributed by atoms with E-state index in [2.05, 4.69) is 0 Å². The predicted octanol–water partition coefficient (Wildman–Crippen LogP) is -2.32. The van der Waals surface area contributed by atoms with Crippen molar-refractivity contribution in [1.82, 2.24) is 0 Å². The summed E-state index contributed by atoms with van der Waals surface area (Å²) in [5.41, 5.74) is 5.19. The Kier molecular flexibility index (Phi) is 25.0. The Balaban J connectivity index is -0.000000107. The van der Waals surface area contributed by atoms with Gasteiger partial charge in [-0.2, -0.15) is 11.8 Å². The number of nitrogens with two attached hydrogens (primary N) is 1. The van der Waals surface area contributed by atoms with Gasteiger partial charge in [-0.1, -0.05) is 0 Å². The summed E-state index contributed by atoms with van der Waals surface area (Å²) in [6, 6.07) is -0.683. The molecule has 0 aliphatic rings. The highest BCUT2D eigenvalue weighted by atomic mass is 32.2. The molecule has 0 amide bonds. The first-order valence-corrected chi connectivity index (χ1v) is 4.05. The average Bonchev–Trinajstić information content (AvgIpc) is 1.82. The fraction of sp³-hybridized carbons (Fsp3) is 0.800. The summed E-state index contributed by atoms with van der Waals surface area (Å²) in [4.78, 5) is 10.1. The fourth-order valence-electron chi connectivity index (χ4n) is 0.368. The van der Waals surface area contributed by atoms with E-state index in [9.17, 15) is 4.79 Å². The standard InChI is InChI=1S/C5H11NO2S.3H2O/c1-9-3-2-4(6)5(7)8;;;/h4H,2-3,6H2,1H3,(H,7,8);3*1H2/t4-;;;/m0.../s1. The number of carbonyl (C=O) groups is 1. The lowest BCUT2D eigenvalue weighted by Gasteiger charge is -2.02. The first-order chi connectivity index (χ1) is 4.18. The lowest BCUT2D eigenvalue weighted by Crippen LogP contribution is -2.30. The molecule has 7 heteroatoms. The third-order valence-corrected chi connectivity index (χ3v) is 1.59. The lowest BCUT2D eigenvalue weighted by atomic mass is 10.2. The zero-order valence-electron chi connectivity index (χ0n) is 6.83. The maximum atomic E-state index is 10.1. The molecule has 0 unspecified atom stereocenters. The highest BCUT2D eigenvalue weighted by Gasteiger charge is 2.08. The minimum Gasteiger partial charge on any atom is -0.480 e. The van der Waals surface area contributed by atoms with E-state index in [1.54, 1.807) is 11.8 Å². The van der Waals surface area contributed by atoms with Gasteiger partial charge in [0.15, 0.2) is 0 Å². The first-order valence-electron chi connectivity index (χ1n) is 2.65. The highest BCUT2D eigenvalue weighted by Crippen LogP contribution is 1.97. The SMILES string of the molecule is CSCC[C@H](N)C(=O)O.O.O.O. The molecule has 0 aliphatic carbocycles. The predicted molar refractivity (Wildman–Crippen MR) is 49.5 cm³/mol. The molecule has 6 nitrogen and oxygen atoms in total. The fourth-order valence-corrected chi connectivity index (χ4v) is 0.858. The number of aliphatic carboxylic acids is 1. The molecule has 78 valence electrons. The Morgan fingerprint density at radius 3 is 2.17 bits per heavy atom. The molecule has 1 atom stereocenters. The number of carboxylic acid groups (broad SMARTS) is 1. The monoisotopic (exact) mass is 203 g/mol. The summed E-state index contributed by atoms with van der Waals surface area (Å²) >= 11 is 1.60.